The Balaban J connectivity index is 2.24. The number of likely N-dealkylation sites (N-methyl/N-ethyl adjacent to an activating group) is 1. The molecule has 1 atom stereocenters. The second kappa shape index (κ2) is 4.03. The van der Waals surface area contributed by atoms with Crippen molar-refractivity contribution in [1.82, 2.24) is 5.32 Å². The van der Waals surface area contributed by atoms with E-state index in [4.69, 9.17) is 0 Å². The molecule has 0 bridgehead atoms. The van der Waals surface area contributed by atoms with E-state index in [9.17, 15) is 4.79 Å². The van der Waals surface area contributed by atoms with Crippen LogP contribution < -0.4 is 10.2 Å². The van der Waals surface area contributed by atoms with Crippen molar-refractivity contribution in [3.8, 4) is 0 Å². The SMILES string of the molecule is CNC(C)C(=O)N1CCc2ccccc21. The number of carbonyl (C=O) groups is 1. The Bertz CT molecular complexity index is 376. The number of nitrogens with zero attached hydrogens (tertiary/aromatic N) is 1. The molecule has 15 heavy (non-hydrogen) atoms. The summed E-state index contributed by atoms with van der Waals surface area (Å²) >= 11 is 0. The molecule has 0 aromatic heterocycles. The van der Waals surface area contributed by atoms with Crippen molar-refractivity contribution in [1.29, 1.82) is 0 Å². The number of hydrogen-bond donors (Lipinski definition) is 1. The van der Waals surface area contributed by atoms with E-state index in [0.29, 0.717) is 0 Å². The summed E-state index contributed by atoms with van der Waals surface area (Å²) in [6, 6.07) is 7.99. The standard InChI is InChI=1S/C12H16N2O/c1-9(13-2)12(15)14-8-7-10-5-3-4-6-11(10)14/h3-6,9,13H,7-8H2,1-2H3. The molecule has 0 fully saturated rings. The molecular weight excluding hydrogens is 188 g/mol. The van der Waals surface area contributed by atoms with E-state index >= 15 is 0 Å². The van der Waals surface area contributed by atoms with Crippen molar-refractivity contribution in [3.63, 3.8) is 0 Å². The molecule has 0 aliphatic carbocycles. The quantitative estimate of drug-likeness (QED) is 0.784. The molecule has 1 unspecified atom stereocenters. The number of benzene rings is 1. The summed E-state index contributed by atoms with van der Waals surface area (Å²) in [5.41, 5.74) is 2.35. The molecule has 0 saturated heterocycles. The maximum Gasteiger partial charge on any atom is 0.243 e. The number of amides is 1. The van der Waals surface area contributed by atoms with Crippen molar-refractivity contribution in [3.05, 3.63) is 29.8 Å². The van der Waals surface area contributed by atoms with E-state index in [-0.39, 0.29) is 11.9 Å². The molecule has 1 heterocycles. The summed E-state index contributed by atoms with van der Waals surface area (Å²) in [5.74, 6) is 0.155. The molecule has 1 N–H and O–H groups in total. The number of nitrogens with one attached hydrogen (secondary N) is 1. The molecule has 1 aliphatic rings. The van der Waals surface area contributed by atoms with Gasteiger partial charge in [0.1, 0.15) is 0 Å². The predicted molar refractivity (Wildman–Crippen MR) is 61.0 cm³/mol. The van der Waals surface area contributed by atoms with Crippen LogP contribution in [0.3, 0.4) is 0 Å². The van der Waals surface area contributed by atoms with Crippen LogP contribution in [0.5, 0.6) is 0 Å². The van der Waals surface area contributed by atoms with Crippen LogP contribution >= 0.6 is 0 Å². The number of fused-ring (bicyclic) bond motifs is 1. The van der Waals surface area contributed by atoms with Crippen LogP contribution in [-0.4, -0.2) is 25.5 Å². The van der Waals surface area contributed by atoms with E-state index in [1.165, 1.54) is 5.56 Å². The maximum atomic E-state index is 12.0. The van der Waals surface area contributed by atoms with Crippen LogP contribution in [0.15, 0.2) is 24.3 Å². The number of para-hydroxylation sites is 1. The Labute approximate surface area is 90.1 Å². The van der Waals surface area contributed by atoms with E-state index in [2.05, 4.69) is 11.4 Å². The minimum atomic E-state index is -0.115. The first-order chi connectivity index (χ1) is 7.24. The van der Waals surface area contributed by atoms with Crippen molar-refractivity contribution >= 4 is 11.6 Å². The normalized spacial score (nSPS) is 16.3. The van der Waals surface area contributed by atoms with E-state index in [1.54, 1.807) is 0 Å². The van der Waals surface area contributed by atoms with E-state index < -0.39 is 0 Å². The first kappa shape index (κ1) is 10.2. The first-order valence-electron chi connectivity index (χ1n) is 5.30. The third kappa shape index (κ3) is 1.75. The minimum Gasteiger partial charge on any atom is -0.310 e. The average molecular weight is 204 g/mol. The van der Waals surface area contributed by atoms with Gasteiger partial charge in [0.25, 0.3) is 0 Å². The molecule has 1 amide bonds. The Kier molecular flexibility index (Phi) is 2.73. The number of hydrogen-bond acceptors (Lipinski definition) is 2. The number of carbonyl (C=O) groups excluding carboxylic acids is 1. The molecule has 1 aromatic rings. The topological polar surface area (TPSA) is 32.3 Å². The van der Waals surface area contributed by atoms with Gasteiger partial charge in [-0.25, -0.2) is 0 Å². The Morgan fingerprint density at radius 3 is 2.93 bits per heavy atom. The lowest BCUT2D eigenvalue weighted by molar-refractivity contribution is -0.120. The molecule has 3 heteroatoms. The predicted octanol–water partition coefficient (Wildman–Crippen LogP) is 1.18. The Hall–Kier alpha value is -1.35. The molecule has 0 spiro atoms. The average Bonchev–Trinajstić information content (AvgIpc) is 2.70. The summed E-state index contributed by atoms with van der Waals surface area (Å²) in [4.78, 5) is 13.9. The van der Waals surface area contributed by atoms with Crippen LogP contribution in [0.4, 0.5) is 5.69 Å². The lowest BCUT2D eigenvalue weighted by atomic mass is 10.2. The molecule has 80 valence electrons. The fourth-order valence-electron chi connectivity index (χ4n) is 1.92. The van der Waals surface area contributed by atoms with Crippen molar-refractivity contribution < 1.29 is 4.79 Å². The fraction of sp³-hybridized carbons (Fsp3) is 0.417. The van der Waals surface area contributed by atoms with Crippen LogP contribution in [0.1, 0.15) is 12.5 Å². The lowest BCUT2D eigenvalue weighted by Crippen LogP contribution is -2.42. The van der Waals surface area contributed by atoms with Crippen molar-refractivity contribution in [2.75, 3.05) is 18.5 Å². The third-order valence-corrected chi connectivity index (χ3v) is 2.96. The van der Waals surface area contributed by atoms with Gasteiger partial charge in [0.15, 0.2) is 0 Å². The van der Waals surface area contributed by atoms with Gasteiger partial charge in [-0.2, -0.15) is 0 Å². The van der Waals surface area contributed by atoms with Crippen LogP contribution in [0.25, 0.3) is 0 Å². The van der Waals surface area contributed by atoms with Gasteiger partial charge in [-0.3, -0.25) is 4.79 Å². The first-order valence-corrected chi connectivity index (χ1v) is 5.30. The summed E-state index contributed by atoms with van der Waals surface area (Å²) in [6.45, 7) is 2.70. The van der Waals surface area contributed by atoms with E-state index in [0.717, 1.165) is 18.7 Å². The van der Waals surface area contributed by atoms with Gasteiger partial charge >= 0.3 is 0 Å². The van der Waals surface area contributed by atoms with Gasteiger partial charge in [0, 0.05) is 12.2 Å². The van der Waals surface area contributed by atoms with Gasteiger partial charge in [0.2, 0.25) is 5.91 Å². The molecule has 0 saturated carbocycles. The van der Waals surface area contributed by atoms with Crippen LogP contribution in [0.2, 0.25) is 0 Å². The summed E-state index contributed by atoms with van der Waals surface area (Å²) in [7, 11) is 1.81. The molecule has 1 aliphatic heterocycles. The highest BCUT2D eigenvalue weighted by Gasteiger charge is 2.26. The molecule has 2 rings (SSSR count). The highest BCUT2D eigenvalue weighted by molar-refractivity contribution is 5.98. The zero-order valence-electron chi connectivity index (χ0n) is 9.16. The van der Waals surface area contributed by atoms with Crippen LogP contribution in [-0.2, 0) is 11.2 Å². The highest BCUT2D eigenvalue weighted by Crippen LogP contribution is 2.27. The van der Waals surface area contributed by atoms with Gasteiger partial charge in [-0.1, -0.05) is 18.2 Å². The Morgan fingerprint density at radius 1 is 1.47 bits per heavy atom. The smallest absolute Gasteiger partial charge is 0.243 e. The van der Waals surface area contributed by atoms with Crippen LogP contribution in [0, 0.1) is 0 Å². The van der Waals surface area contributed by atoms with Gasteiger partial charge in [0.05, 0.1) is 6.04 Å². The molecular formula is C12H16N2O. The second-order valence-corrected chi connectivity index (χ2v) is 3.88. The minimum absolute atomic E-state index is 0.115. The molecule has 0 radical (unpaired) electrons. The third-order valence-electron chi connectivity index (χ3n) is 2.96. The largest absolute Gasteiger partial charge is 0.310 e. The van der Waals surface area contributed by atoms with Crippen molar-refractivity contribution in [2.45, 2.75) is 19.4 Å². The monoisotopic (exact) mass is 204 g/mol. The summed E-state index contributed by atoms with van der Waals surface area (Å²) < 4.78 is 0. The van der Waals surface area contributed by atoms with Gasteiger partial charge < -0.3 is 10.2 Å². The second-order valence-electron chi connectivity index (χ2n) is 3.88. The van der Waals surface area contributed by atoms with E-state index in [1.807, 2.05) is 37.1 Å². The maximum absolute atomic E-state index is 12.0. The summed E-state index contributed by atoms with van der Waals surface area (Å²) in [5, 5.41) is 2.98. The fourth-order valence-corrected chi connectivity index (χ4v) is 1.92. The molecule has 1 aromatic carbocycles. The Morgan fingerprint density at radius 2 is 2.20 bits per heavy atom. The number of rotatable bonds is 2. The number of anilines is 1. The van der Waals surface area contributed by atoms with Crippen molar-refractivity contribution in [2.24, 2.45) is 0 Å². The summed E-state index contributed by atoms with van der Waals surface area (Å²) in [6.07, 6.45) is 0.971. The zero-order valence-corrected chi connectivity index (χ0v) is 9.16. The van der Waals surface area contributed by atoms with Gasteiger partial charge in [-0.05, 0) is 32.0 Å². The lowest BCUT2D eigenvalue weighted by Gasteiger charge is -2.21. The van der Waals surface area contributed by atoms with Gasteiger partial charge in [-0.15, -0.1) is 0 Å². The zero-order chi connectivity index (χ0) is 10.8. The molecule has 3 nitrogen and oxygen atoms in total. The highest BCUT2D eigenvalue weighted by atomic mass is 16.2.